The molecule has 1 fully saturated rings. The number of nitrogens with one attached hydrogen (secondary N) is 1. The molecule has 1 heterocycles. The van der Waals surface area contributed by atoms with Gasteiger partial charge in [-0.3, -0.25) is 9.59 Å². The number of nitrogens with zero attached hydrogens (tertiary/aromatic N) is 1. The minimum Gasteiger partial charge on any atom is -0.325 e. The molecule has 28 heavy (non-hydrogen) atoms. The number of carbonyl (C=O) groups excluding carboxylic acids is 2. The molecule has 0 radical (unpaired) electrons. The van der Waals surface area contributed by atoms with Gasteiger partial charge in [0, 0.05) is 17.4 Å². The van der Waals surface area contributed by atoms with Crippen molar-refractivity contribution in [2.75, 3.05) is 10.2 Å². The average molecular weight is 377 g/mol. The Balaban J connectivity index is 1.62. The van der Waals surface area contributed by atoms with Crippen molar-refractivity contribution in [2.24, 2.45) is 5.41 Å². The van der Waals surface area contributed by atoms with E-state index in [1.165, 1.54) is 5.56 Å². The summed E-state index contributed by atoms with van der Waals surface area (Å²) in [4.78, 5) is 28.7. The molecule has 1 aliphatic heterocycles. The molecule has 0 bridgehead atoms. The van der Waals surface area contributed by atoms with Crippen LogP contribution in [0.3, 0.4) is 0 Å². The van der Waals surface area contributed by atoms with E-state index in [1.54, 1.807) is 0 Å². The lowest BCUT2D eigenvalue weighted by atomic mass is 9.99. The molecule has 2 aromatic carbocycles. The number of rotatable bonds is 5. The van der Waals surface area contributed by atoms with Crippen LogP contribution in [0.1, 0.15) is 50.3 Å². The summed E-state index contributed by atoms with van der Waals surface area (Å²) in [5.41, 5.74) is 4.36. The van der Waals surface area contributed by atoms with Gasteiger partial charge in [0.15, 0.2) is 0 Å². The third-order valence-corrected chi connectivity index (χ3v) is 6.26. The molecule has 4 rings (SSSR count). The zero-order valence-corrected chi connectivity index (χ0v) is 16.9. The number of fused-ring (bicyclic) bond motifs is 1. The van der Waals surface area contributed by atoms with Gasteiger partial charge < -0.3 is 10.2 Å². The molecule has 1 atom stereocenters. The van der Waals surface area contributed by atoms with Crippen LogP contribution < -0.4 is 10.2 Å². The summed E-state index contributed by atoms with van der Waals surface area (Å²) in [5, 5.41) is 3.14. The summed E-state index contributed by atoms with van der Waals surface area (Å²) in [6.07, 6.45) is 3.79. The zero-order chi connectivity index (χ0) is 19.9. The SMILES string of the molecule is CCc1cccc(CC)c1NC(=O)C1(C(=O)N2c3ccccc3CC2C)CC1. The van der Waals surface area contributed by atoms with Crippen molar-refractivity contribution in [3.63, 3.8) is 0 Å². The molecule has 146 valence electrons. The van der Waals surface area contributed by atoms with E-state index in [9.17, 15) is 9.59 Å². The first-order valence-electron chi connectivity index (χ1n) is 10.4. The quantitative estimate of drug-likeness (QED) is 0.781. The molecule has 1 N–H and O–H groups in total. The van der Waals surface area contributed by atoms with Crippen molar-refractivity contribution in [3.8, 4) is 0 Å². The number of anilines is 2. The fourth-order valence-electron chi connectivity index (χ4n) is 4.40. The molecule has 0 aromatic heterocycles. The van der Waals surface area contributed by atoms with E-state index in [-0.39, 0.29) is 17.9 Å². The van der Waals surface area contributed by atoms with Crippen LogP contribution in [-0.4, -0.2) is 17.9 Å². The second-order valence-corrected chi connectivity index (χ2v) is 8.05. The number of hydrogen-bond acceptors (Lipinski definition) is 2. The van der Waals surface area contributed by atoms with Crippen molar-refractivity contribution < 1.29 is 9.59 Å². The lowest BCUT2D eigenvalue weighted by Crippen LogP contribution is -2.45. The van der Waals surface area contributed by atoms with Crippen molar-refractivity contribution >= 4 is 23.2 Å². The van der Waals surface area contributed by atoms with Gasteiger partial charge in [0.05, 0.1) is 0 Å². The standard InChI is InChI=1S/C24H28N2O2/c1-4-17-10-8-11-18(5-2)21(17)25-22(27)24(13-14-24)23(28)26-16(3)15-19-9-6-7-12-20(19)26/h6-12,16H,4-5,13-15H2,1-3H3,(H,25,27). The van der Waals surface area contributed by atoms with Crippen molar-refractivity contribution in [2.45, 2.75) is 58.9 Å². The fourth-order valence-corrected chi connectivity index (χ4v) is 4.40. The monoisotopic (exact) mass is 376 g/mol. The highest BCUT2D eigenvalue weighted by atomic mass is 16.2. The van der Waals surface area contributed by atoms with Crippen LogP contribution in [0.15, 0.2) is 42.5 Å². The topological polar surface area (TPSA) is 49.4 Å². The highest BCUT2D eigenvalue weighted by Gasteiger charge is 2.59. The van der Waals surface area contributed by atoms with Gasteiger partial charge in [-0.15, -0.1) is 0 Å². The first kappa shape index (κ1) is 18.7. The highest BCUT2D eigenvalue weighted by Crippen LogP contribution is 2.50. The number of benzene rings is 2. The summed E-state index contributed by atoms with van der Waals surface area (Å²) in [7, 11) is 0. The van der Waals surface area contributed by atoms with Crippen LogP contribution >= 0.6 is 0 Å². The van der Waals surface area contributed by atoms with Gasteiger partial charge in [-0.1, -0.05) is 50.2 Å². The lowest BCUT2D eigenvalue weighted by Gasteiger charge is -2.27. The molecule has 0 saturated heterocycles. The normalized spacial score (nSPS) is 19.2. The molecule has 1 unspecified atom stereocenters. The summed E-state index contributed by atoms with van der Waals surface area (Å²) in [6, 6.07) is 14.3. The maximum atomic E-state index is 13.5. The van der Waals surface area contributed by atoms with Crippen molar-refractivity contribution in [1.82, 2.24) is 0 Å². The van der Waals surface area contributed by atoms with E-state index in [1.807, 2.05) is 29.2 Å². The Hall–Kier alpha value is -2.62. The Labute approximate surface area is 166 Å². The predicted octanol–water partition coefficient (Wildman–Crippen LogP) is 4.51. The van der Waals surface area contributed by atoms with Gasteiger partial charge in [-0.2, -0.15) is 0 Å². The zero-order valence-electron chi connectivity index (χ0n) is 16.9. The Morgan fingerprint density at radius 2 is 1.68 bits per heavy atom. The third-order valence-electron chi connectivity index (χ3n) is 6.26. The summed E-state index contributed by atoms with van der Waals surface area (Å²) < 4.78 is 0. The molecule has 2 aliphatic rings. The molecule has 0 spiro atoms. The Morgan fingerprint density at radius 3 is 2.29 bits per heavy atom. The van der Waals surface area contributed by atoms with Crippen LogP contribution in [0, 0.1) is 5.41 Å². The molecule has 4 nitrogen and oxygen atoms in total. The number of amides is 2. The van der Waals surface area contributed by atoms with E-state index in [4.69, 9.17) is 0 Å². The van der Waals surface area contributed by atoms with Gasteiger partial charge in [0.25, 0.3) is 0 Å². The first-order chi connectivity index (χ1) is 13.5. The smallest absolute Gasteiger partial charge is 0.242 e. The van der Waals surface area contributed by atoms with E-state index in [2.05, 4.69) is 44.3 Å². The molecule has 2 amide bonds. The van der Waals surface area contributed by atoms with Crippen molar-refractivity contribution in [1.29, 1.82) is 0 Å². The lowest BCUT2D eigenvalue weighted by molar-refractivity contribution is -0.132. The minimum atomic E-state index is -0.919. The molecule has 1 saturated carbocycles. The molecular weight excluding hydrogens is 348 g/mol. The Morgan fingerprint density at radius 1 is 1.04 bits per heavy atom. The second kappa shape index (κ2) is 7.08. The Kier molecular flexibility index (Phi) is 4.74. The Bertz CT molecular complexity index is 908. The third kappa shape index (κ3) is 2.92. The molecule has 2 aromatic rings. The number of hydrogen-bond donors (Lipinski definition) is 1. The molecule has 4 heteroatoms. The van der Waals surface area contributed by atoms with Crippen LogP contribution in [0.5, 0.6) is 0 Å². The van der Waals surface area contributed by atoms with Gasteiger partial charge in [-0.25, -0.2) is 0 Å². The van der Waals surface area contributed by atoms with Crippen LogP contribution in [0.4, 0.5) is 11.4 Å². The predicted molar refractivity (Wildman–Crippen MR) is 113 cm³/mol. The van der Waals surface area contributed by atoms with Crippen LogP contribution in [0.2, 0.25) is 0 Å². The van der Waals surface area contributed by atoms with Crippen LogP contribution in [-0.2, 0) is 28.9 Å². The van der Waals surface area contributed by atoms with Gasteiger partial charge in [0.1, 0.15) is 5.41 Å². The van der Waals surface area contributed by atoms with Gasteiger partial charge in [0.2, 0.25) is 11.8 Å². The van der Waals surface area contributed by atoms with Crippen LogP contribution in [0.25, 0.3) is 0 Å². The van der Waals surface area contributed by atoms with E-state index in [0.717, 1.165) is 41.8 Å². The number of aryl methyl sites for hydroxylation is 2. The number of para-hydroxylation sites is 2. The first-order valence-corrected chi connectivity index (χ1v) is 10.4. The minimum absolute atomic E-state index is 0.0468. The van der Waals surface area contributed by atoms with Crippen molar-refractivity contribution in [3.05, 3.63) is 59.2 Å². The van der Waals surface area contributed by atoms with E-state index in [0.29, 0.717) is 12.8 Å². The van der Waals surface area contributed by atoms with E-state index < -0.39 is 5.41 Å². The largest absolute Gasteiger partial charge is 0.325 e. The summed E-state index contributed by atoms with van der Waals surface area (Å²) in [6.45, 7) is 6.24. The fraction of sp³-hybridized carbons (Fsp3) is 0.417. The van der Waals surface area contributed by atoms with Gasteiger partial charge in [-0.05, 0) is 61.8 Å². The summed E-state index contributed by atoms with van der Waals surface area (Å²) in [5.74, 6) is -0.195. The summed E-state index contributed by atoms with van der Waals surface area (Å²) >= 11 is 0. The second-order valence-electron chi connectivity index (χ2n) is 8.05. The van der Waals surface area contributed by atoms with Gasteiger partial charge >= 0.3 is 0 Å². The molecular formula is C24H28N2O2. The maximum Gasteiger partial charge on any atom is 0.242 e. The average Bonchev–Trinajstić information content (AvgIpc) is 3.45. The highest BCUT2D eigenvalue weighted by molar-refractivity contribution is 6.18. The maximum absolute atomic E-state index is 13.5. The van der Waals surface area contributed by atoms with E-state index >= 15 is 0 Å². The molecule has 1 aliphatic carbocycles. The number of carbonyl (C=O) groups is 2.